The van der Waals surface area contributed by atoms with Gasteiger partial charge in [-0.2, -0.15) is 26.3 Å². The molecule has 2 atom stereocenters. The number of carboxylic acids is 3. The van der Waals surface area contributed by atoms with E-state index in [0.717, 1.165) is 26.1 Å². The molecule has 0 aromatic carbocycles. The molecule has 220 valence electrons. The van der Waals surface area contributed by atoms with Gasteiger partial charge >= 0.3 is 30.3 Å². The summed E-state index contributed by atoms with van der Waals surface area (Å²) in [6.07, 6.45) is -1.56. The number of anilines is 1. The maximum absolute atomic E-state index is 12.3. The van der Waals surface area contributed by atoms with Gasteiger partial charge in [-0.25, -0.2) is 19.6 Å². The Bertz CT molecular complexity index is 1110. The molecular formula is C23H25F6N5O6. The zero-order valence-corrected chi connectivity index (χ0v) is 20.6. The Balaban J connectivity index is 0.000000333. The molecule has 11 nitrogen and oxygen atoms in total. The smallest absolute Gasteiger partial charge is 0.481 e. The molecule has 17 heteroatoms. The third-order valence-corrected chi connectivity index (χ3v) is 6.17. The molecule has 0 radical (unpaired) electrons. The number of fused-ring (bicyclic) bond motifs is 1. The van der Waals surface area contributed by atoms with Crippen molar-refractivity contribution in [3.63, 3.8) is 0 Å². The molecule has 0 saturated carbocycles. The maximum atomic E-state index is 12.3. The van der Waals surface area contributed by atoms with Crippen molar-refractivity contribution in [2.24, 2.45) is 11.3 Å². The Hall–Kier alpha value is -4.02. The summed E-state index contributed by atoms with van der Waals surface area (Å²) in [6.45, 7) is 3.70. The van der Waals surface area contributed by atoms with Crippen LogP contribution in [0.5, 0.6) is 0 Å². The van der Waals surface area contributed by atoms with Crippen molar-refractivity contribution in [2.45, 2.75) is 31.7 Å². The van der Waals surface area contributed by atoms with Gasteiger partial charge in [-0.1, -0.05) is 0 Å². The lowest BCUT2D eigenvalue weighted by Crippen LogP contribution is -2.41. The van der Waals surface area contributed by atoms with Crippen LogP contribution in [-0.2, 0) is 20.9 Å². The van der Waals surface area contributed by atoms with E-state index in [1.165, 1.54) is 5.56 Å². The highest BCUT2D eigenvalue weighted by atomic mass is 19.4. The van der Waals surface area contributed by atoms with Gasteiger partial charge < -0.3 is 20.2 Å². The molecular weight excluding hydrogens is 556 g/mol. The van der Waals surface area contributed by atoms with Crippen LogP contribution in [0.25, 0.3) is 0 Å². The molecule has 0 unspecified atom stereocenters. The van der Waals surface area contributed by atoms with Crippen molar-refractivity contribution in [2.75, 3.05) is 31.1 Å². The van der Waals surface area contributed by atoms with Crippen LogP contribution in [0.4, 0.5) is 32.3 Å². The fraction of sp³-hybridized carbons (Fsp3) is 0.478. The second-order valence-corrected chi connectivity index (χ2v) is 8.89. The number of halogens is 6. The Morgan fingerprint density at radius 2 is 1.43 bits per heavy atom. The van der Waals surface area contributed by atoms with Gasteiger partial charge in [-0.05, 0) is 43.1 Å². The summed E-state index contributed by atoms with van der Waals surface area (Å²) in [5, 5.41) is 24.3. The van der Waals surface area contributed by atoms with Crippen molar-refractivity contribution in [3.8, 4) is 0 Å². The first kappa shape index (κ1) is 32.2. The lowest BCUT2D eigenvalue weighted by Gasteiger charge is -2.29. The van der Waals surface area contributed by atoms with Gasteiger partial charge in [0.1, 0.15) is 0 Å². The second-order valence-electron chi connectivity index (χ2n) is 8.89. The van der Waals surface area contributed by atoms with Crippen LogP contribution in [0.1, 0.15) is 18.4 Å². The first-order valence-corrected chi connectivity index (χ1v) is 11.5. The largest absolute Gasteiger partial charge is 0.490 e. The zero-order chi connectivity index (χ0) is 30.1. The highest BCUT2D eigenvalue weighted by molar-refractivity contribution is 5.77. The molecule has 40 heavy (non-hydrogen) atoms. The predicted molar refractivity (Wildman–Crippen MR) is 124 cm³/mol. The number of hydrogen-bond acceptors (Lipinski definition) is 8. The van der Waals surface area contributed by atoms with Gasteiger partial charge in [0, 0.05) is 56.9 Å². The molecule has 2 aliphatic heterocycles. The average Bonchev–Trinajstić information content (AvgIpc) is 3.15. The number of aliphatic carboxylic acids is 3. The number of carboxylic acid groups (broad SMARTS) is 3. The van der Waals surface area contributed by atoms with Gasteiger partial charge in [-0.3, -0.25) is 14.7 Å². The van der Waals surface area contributed by atoms with Gasteiger partial charge in [0.15, 0.2) is 0 Å². The minimum atomic E-state index is -5.08. The fourth-order valence-electron chi connectivity index (χ4n) is 4.36. The van der Waals surface area contributed by atoms with Gasteiger partial charge in [-0.15, -0.1) is 0 Å². The Morgan fingerprint density at radius 1 is 0.900 bits per heavy atom. The number of likely N-dealkylation sites (tertiary alicyclic amines) is 1. The third-order valence-electron chi connectivity index (χ3n) is 6.17. The molecule has 2 saturated heterocycles. The number of hydrogen-bond donors (Lipinski definition) is 3. The van der Waals surface area contributed by atoms with E-state index >= 15 is 0 Å². The maximum Gasteiger partial charge on any atom is 0.490 e. The zero-order valence-electron chi connectivity index (χ0n) is 20.6. The van der Waals surface area contributed by atoms with E-state index in [1.807, 2.05) is 17.0 Å². The number of rotatable bonds is 4. The van der Waals surface area contributed by atoms with Crippen LogP contribution in [0.15, 0.2) is 43.0 Å². The van der Waals surface area contributed by atoms with E-state index in [4.69, 9.17) is 19.8 Å². The van der Waals surface area contributed by atoms with Crippen LogP contribution >= 0.6 is 0 Å². The van der Waals surface area contributed by atoms with Crippen molar-refractivity contribution in [1.29, 1.82) is 0 Å². The lowest BCUT2D eigenvalue weighted by molar-refractivity contribution is -0.193. The van der Waals surface area contributed by atoms with Crippen molar-refractivity contribution >= 4 is 23.9 Å². The Morgan fingerprint density at radius 3 is 1.90 bits per heavy atom. The van der Waals surface area contributed by atoms with Crippen molar-refractivity contribution in [1.82, 2.24) is 19.9 Å². The summed E-state index contributed by atoms with van der Waals surface area (Å²) in [5.74, 6) is -5.51. The van der Waals surface area contributed by atoms with Crippen LogP contribution in [0.3, 0.4) is 0 Å². The van der Waals surface area contributed by atoms with Crippen LogP contribution < -0.4 is 4.90 Å². The van der Waals surface area contributed by atoms with E-state index in [9.17, 15) is 36.2 Å². The molecule has 2 aromatic heterocycles. The molecule has 4 rings (SSSR count). The minimum Gasteiger partial charge on any atom is -0.481 e. The van der Waals surface area contributed by atoms with E-state index in [1.54, 1.807) is 30.9 Å². The predicted octanol–water partition coefficient (Wildman–Crippen LogP) is 2.94. The molecule has 0 spiro atoms. The van der Waals surface area contributed by atoms with E-state index in [-0.39, 0.29) is 5.92 Å². The topological polar surface area (TPSA) is 157 Å². The van der Waals surface area contributed by atoms with Crippen LogP contribution in [0.2, 0.25) is 0 Å². The summed E-state index contributed by atoms with van der Waals surface area (Å²) in [4.78, 5) is 47.2. The summed E-state index contributed by atoms with van der Waals surface area (Å²) in [5.41, 5.74) is 0.496. The molecule has 2 aromatic rings. The highest BCUT2D eigenvalue weighted by Gasteiger charge is 2.54. The molecule has 2 fully saturated rings. The van der Waals surface area contributed by atoms with E-state index < -0.39 is 35.7 Å². The molecule has 0 bridgehead atoms. The van der Waals surface area contributed by atoms with Gasteiger partial charge in [0.05, 0.1) is 5.41 Å². The monoisotopic (exact) mass is 581 g/mol. The summed E-state index contributed by atoms with van der Waals surface area (Å²) < 4.78 is 63.5. The number of aromatic nitrogens is 3. The molecule has 0 amide bonds. The first-order valence-electron chi connectivity index (χ1n) is 11.5. The number of nitrogens with zero attached hydrogens (tertiary/aromatic N) is 5. The lowest BCUT2D eigenvalue weighted by atomic mass is 9.75. The van der Waals surface area contributed by atoms with Gasteiger partial charge in [0.2, 0.25) is 5.95 Å². The third kappa shape index (κ3) is 9.03. The summed E-state index contributed by atoms with van der Waals surface area (Å²) >= 11 is 0. The normalized spacial score (nSPS) is 21.1. The number of alkyl halides is 6. The van der Waals surface area contributed by atoms with Crippen LogP contribution in [0, 0.1) is 11.3 Å². The van der Waals surface area contributed by atoms with Gasteiger partial charge in [0.25, 0.3) is 0 Å². The second kappa shape index (κ2) is 13.4. The molecule has 2 aliphatic rings. The Kier molecular flexibility index (Phi) is 10.8. The number of pyridine rings is 1. The van der Waals surface area contributed by atoms with E-state index in [0.29, 0.717) is 25.5 Å². The average molecular weight is 581 g/mol. The van der Waals surface area contributed by atoms with Crippen molar-refractivity contribution in [3.05, 3.63) is 48.5 Å². The van der Waals surface area contributed by atoms with Crippen LogP contribution in [-0.4, -0.2) is 91.6 Å². The Labute approximate surface area is 223 Å². The minimum absolute atomic E-state index is 0.0631. The molecule has 3 N–H and O–H groups in total. The quantitative estimate of drug-likeness (QED) is 0.456. The summed E-state index contributed by atoms with van der Waals surface area (Å²) in [6, 6.07) is 5.82. The van der Waals surface area contributed by atoms with Crippen molar-refractivity contribution < 1.29 is 56.0 Å². The van der Waals surface area contributed by atoms with E-state index in [2.05, 4.69) is 19.9 Å². The number of carbonyl (C=O) groups is 3. The molecule has 0 aliphatic carbocycles. The fourth-order valence-corrected chi connectivity index (χ4v) is 4.36. The highest BCUT2D eigenvalue weighted by Crippen LogP contribution is 2.43. The standard InChI is InChI=1S/C19H23N5O2.2C2HF3O2/c25-17(26)19-5-1-10-23(11-15-3-8-20-9-4-15)12-16(19)13-24(14-19)18-21-6-2-7-22-18;2*3-2(4,5)1(6)7/h2-4,6-9,16H,1,5,10-14H2,(H,25,26);2*(H,6,7)/t16-,19-;;/m0../s1. The SMILES string of the molecule is O=C(O)C(F)(F)F.O=C(O)C(F)(F)F.O=C(O)[C@]12CCCN(Cc3ccncc3)C[C@H]1CN(c1ncccn1)C2. The molecule has 4 heterocycles. The summed E-state index contributed by atoms with van der Waals surface area (Å²) in [7, 11) is 0. The first-order chi connectivity index (χ1) is 18.6.